The number of piperidine rings is 1. The second kappa shape index (κ2) is 9.14. The van der Waals surface area contributed by atoms with Crippen LogP contribution in [0.5, 0.6) is 5.75 Å². The van der Waals surface area contributed by atoms with Gasteiger partial charge in [-0.1, -0.05) is 29.8 Å². The van der Waals surface area contributed by atoms with E-state index in [-0.39, 0.29) is 17.6 Å². The number of hydrogen-bond donors (Lipinski definition) is 1. The monoisotopic (exact) mass is 410 g/mol. The summed E-state index contributed by atoms with van der Waals surface area (Å²) in [5.74, 6) is 0.362. The molecule has 150 valence electrons. The maximum Gasteiger partial charge on any atom is 0.387 e. The average Bonchev–Trinajstić information content (AvgIpc) is 2.68. The van der Waals surface area contributed by atoms with E-state index in [2.05, 4.69) is 20.3 Å². The van der Waals surface area contributed by atoms with Crippen LogP contribution in [0.3, 0.4) is 0 Å². The molecule has 1 saturated heterocycles. The number of hydrogen-bond acceptors (Lipinski definition) is 5. The van der Waals surface area contributed by atoms with Gasteiger partial charge in [0.2, 0.25) is 5.91 Å². The van der Waals surface area contributed by atoms with E-state index in [1.807, 2.05) is 4.90 Å². The lowest BCUT2D eigenvalue weighted by molar-refractivity contribution is -0.125. The first-order chi connectivity index (χ1) is 13.4. The number of benzene rings is 1. The van der Waals surface area contributed by atoms with Gasteiger partial charge in [0.25, 0.3) is 0 Å². The number of ether oxygens (including phenoxy) is 1. The Bertz CT molecular complexity index is 807. The number of nitrogens with one attached hydrogen (secondary N) is 1. The molecule has 1 aliphatic heterocycles. The SMILES string of the molecule is C[C@@H](NC(=O)[C@H]1CCCN(c2ccc(Cl)nn2)C1)c1ccccc1OC(F)F. The van der Waals surface area contributed by atoms with Gasteiger partial charge in [0.1, 0.15) is 5.75 Å². The van der Waals surface area contributed by atoms with Crippen LogP contribution < -0.4 is 15.0 Å². The highest BCUT2D eigenvalue weighted by molar-refractivity contribution is 6.29. The zero-order chi connectivity index (χ0) is 20.1. The summed E-state index contributed by atoms with van der Waals surface area (Å²) in [7, 11) is 0. The Hall–Kier alpha value is -2.48. The van der Waals surface area contributed by atoms with Crippen molar-refractivity contribution in [2.75, 3.05) is 18.0 Å². The molecule has 2 aromatic rings. The van der Waals surface area contributed by atoms with Crippen LogP contribution >= 0.6 is 11.6 Å². The van der Waals surface area contributed by atoms with E-state index in [4.69, 9.17) is 11.6 Å². The van der Waals surface area contributed by atoms with E-state index in [1.165, 1.54) is 6.07 Å². The predicted molar refractivity (Wildman–Crippen MR) is 102 cm³/mol. The van der Waals surface area contributed by atoms with Gasteiger partial charge in [-0.25, -0.2) is 0 Å². The first kappa shape index (κ1) is 20.3. The van der Waals surface area contributed by atoms with Gasteiger partial charge in [-0.2, -0.15) is 8.78 Å². The van der Waals surface area contributed by atoms with Crippen LogP contribution in [0.25, 0.3) is 0 Å². The Morgan fingerprint density at radius 1 is 1.29 bits per heavy atom. The van der Waals surface area contributed by atoms with Crippen LogP contribution in [0.1, 0.15) is 31.4 Å². The average molecular weight is 411 g/mol. The van der Waals surface area contributed by atoms with Crippen LogP contribution in [0.2, 0.25) is 5.15 Å². The number of para-hydroxylation sites is 1. The minimum Gasteiger partial charge on any atom is -0.434 e. The first-order valence-electron chi connectivity index (χ1n) is 9.02. The molecule has 6 nitrogen and oxygen atoms in total. The van der Waals surface area contributed by atoms with Crippen LogP contribution in [0.15, 0.2) is 36.4 Å². The van der Waals surface area contributed by atoms with Crippen LogP contribution in [0.4, 0.5) is 14.6 Å². The van der Waals surface area contributed by atoms with Crippen molar-refractivity contribution in [3.05, 3.63) is 47.1 Å². The second-order valence-electron chi connectivity index (χ2n) is 6.65. The summed E-state index contributed by atoms with van der Waals surface area (Å²) >= 11 is 5.78. The molecule has 1 aliphatic rings. The van der Waals surface area contributed by atoms with Crippen molar-refractivity contribution < 1.29 is 18.3 Å². The van der Waals surface area contributed by atoms with E-state index in [0.717, 1.165) is 19.4 Å². The van der Waals surface area contributed by atoms with E-state index in [9.17, 15) is 13.6 Å². The Labute approximate surface area is 166 Å². The molecule has 0 aliphatic carbocycles. The molecular formula is C19H21ClF2N4O2. The zero-order valence-corrected chi connectivity index (χ0v) is 16.1. The third-order valence-corrected chi connectivity index (χ3v) is 4.90. The van der Waals surface area contributed by atoms with Crippen LogP contribution in [-0.2, 0) is 4.79 Å². The smallest absolute Gasteiger partial charge is 0.387 e. The summed E-state index contributed by atoms with van der Waals surface area (Å²) in [6.07, 6.45) is 1.58. The summed E-state index contributed by atoms with van der Waals surface area (Å²) in [6.45, 7) is 0.109. The summed E-state index contributed by atoms with van der Waals surface area (Å²) in [5, 5.41) is 11.1. The minimum absolute atomic E-state index is 0.0620. The van der Waals surface area contributed by atoms with E-state index >= 15 is 0 Å². The van der Waals surface area contributed by atoms with Crippen molar-refractivity contribution in [3.63, 3.8) is 0 Å². The predicted octanol–water partition coefficient (Wildman–Crippen LogP) is 3.83. The summed E-state index contributed by atoms with van der Waals surface area (Å²) in [5.41, 5.74) is 0.507. The molecule has 3 rings (SSSR count). The Morgan fingerprint density at radius 3 is 2.79 bits per heavy atom. The maximum absolute atomic E-state index is 12.8. The highest BCUT2D eigenvalue weighted by Crippen LogP contribution is 2.28. The molecule has 1 aromatic carbocycles. The molecule has 1 amide bonds. The quantitative estimate of drug-likeness (QED) is 0.784. The van der Waals surface area contributed by atoms with Crippen molar-refractivity contribution in [1.29, 1.82) is 0 Å². The second-order valence-corrected chi connectivity index (χ2v) is 7.03. The molecule has 0 unspecified atom stereocenters. The molecular weight excluding hydrogens is 390 g/mol. The van der Waals surface area contributed by atoms with Gasteiger partial charge in [-0.3, -0.25) is 4.79 Å². The standard InChI is InChI=1S/C19H21ClF2N4O2/c1-12(14-6-2-3-7-15(14)28-19(21)22)23-18(27)13-5-4-10-26(11-13)17-9-8-16(20)24-25-17/h2-3,6-9,12-13,19H,4-5,10-11H2,1H3,(H,23,27)/t12-,13+/m1/s1. The number of carbonyl (C=O) groups excluding carboxylic acids is 1. The third kappa shape index (κ3) is 5.07. The number of nitrogens with zero attached hydrogens (tertiary/aromatic N) is 3. The molecule has 2 heterocycles. The largest absolute Gasteiger partial charge is 0.434 e. The number of carbonyl (C=O) groups is 1. The maximum atomic E-state index is 12.8. The molecule has 0 saturated carbocycles. The Balaban J connectivity index is 1.65. The first-order valence-corrected chi connectivity index (χ1v) is 9.40. The van der Waals surface area contributed by atoms with Crippen LogP contribution in [0, 0.1) is 5.92 Å². The number of rotatable bonds is 6. The van der Waals surface area contributed by atoms with Gasteiger partial charge in [0.05, 0.1) is 12.0 Å². The molecule has 0 radical (unpaired) electrons. The van der Waals surface area contributed by atoms with Gasteiger partial charge < -0.3 is 15.0 Å². The fourth-order valence-corrected chi connectivity index (χ4v) is 3.43. The van der Waals surface area contributed by atoms with Crippen molar-refractivity contribution in [2.24, 2.45) is 5.92 Å². The number of amides is 1. The fraction of sp³-hybridized carbons (Fsp3) is 0.421. The lowest BCUT2D eigenvalue weighted by Gasteiger charge is -2.33. The molecule has 1 fully saturated rings. The van der Waals surface area contributed by atoms with Gasteiger partial charge in [-0.05, 0) is 38.0 Å². The van der Waals surface area contributed by atoms with Crippen molar-refractivity contribution in [3.8, 4) is 5.75 Å². The van der Waals surface area contributed by atoms with Crippen molar-refractivity contribution in [2.45, 2.75) is 32.4 Å². The number of alkyl halides is 2. The Morgan fingerprint density at radius 2 is 2.07 bits per heavy atom. The van der Waals surface area contributed by atoms with Crippen molar-refractivity contribution in [1.82, 2.24) is 15.5 Å². The molecule has 0 bridgehead atoms. The van der Waals surface area contributed by atoms with E-state index < -0.39 is 12.7 Å². The highest BCUT2D eigenvalue weighted by Gasteiger charge is 2.28. The molecule has 9 heteroatoms. The fourth-order valence-electron chi connectivity index (χ4n) is 3.33. The number of anilines is 1. The molecule has 0 spiro atoms. The topological polar surface area (TPSA) is 67.4 Å². The van der Waals surface area contributed by atoms with E-state index in [1.54, 1.807) is 37.3 Å². The van der Waals surface area contributed by atoms with Gasteiger partial charge >= 0.3 is 6.61 Å². The lowest BCUT2D eigenvalue weighted by atomic mass is 9.96. The van der Waals surface area contributed by atoms with Gasteiger partial charge in [-0.15, -0.1) is 10.2 Å². The zero-order valence-electron chi connectivity index (χ0n) is 15.3. The van der Waals surface area contributed by atoms with Gasteiger partial charge in [0.15, 0.2) is 11.0 Å². The normalized spacial score (nSPS) is 18.0. The third-order valence-electron chi connectivity index (χ3n) is 4.69. The van der Waals surface area contributed by atoms with Crippen molar-refractivity contribution >= 4 is 23.3 Å². The highest BCUT2D eigenvalue weighted by atomic mass is 35.5. The summed E-state index contributed by atoms with van der Waals surface area (Å²) in [6, 6.07) is 9.43. The Kier molecular flexibility index (Phi) is 6.61. The van der Waals surface area contributed by atoms with Gasteiger partial charge in [0, 0.05) is 18.7 Å². The number of aromatic nitrogens is 2. The summed E-state index contributed by atoms with van der Waals surface area (Å²) in [4.78, 5) is 14.8. The number of halogens is 3. The summed E-state index contributed by atoms with van der Waals surface area (Å²) < 4.78 is 29.8. The molecule has 1 N–H and O–H groups in total. The van der Waals surface area contributed by atoms with Crippen LogP contribution in [-0.4, -0.2) is 35.8 Å². The molecule has 28 heavy (non-hydrogen) atoms. The molecule has 2 atom stereocenters. The minimum atomic E-state index is -2.92. The lowest BCUT2D eigenvalue weighted by Crippen LogP contribution is -2.44. The van der Waals surface area contributed by atoms with E-state index in [0.29, 0.717) is 23.1 Å². The molecule has 1 aromatic heterocycles.